The minimum Gasteiger partial charge on any atom is -0.478 e. The minimum atomic E-state index is -1.51. The molecule has 0 aliphatic carbocycles. The molecule has 0 fully saturated rings. The lowest BCUT2D eigenvalue weighted by molar-refractivity contribution is 0.0310. The molecule has 224 valence electrons. The van der Waals surface area contributed by atoms with Crippen LogP contribution in [0.3, 0.4) is 0 Å². The zero-order chi connectivity index (χ0) is 30.4. The largest absolute Gasteiger partial charge is 0.478 e. The fourth-order valence-corrected chi connectivity index (χ4v) is 4.15. The van der Waals surface area contributed by atoms with Crippen molar-refractivity contribution in [2.24, 2.45) is 0 Å². The van der Waals surface area contributed by atoms with Gasteiger partial charge in [0, 0.05) is 40.6 Å². The van der Waals surface area contributed by atoms with Crippen molar-refractivity contribution >= 4 is 22.6 Å². The third-order valence-corrected chi connectivity index (χ3v) is 5.86. The van der Waals surface area contributed by atoms with Crippen molar-refractivity contribution in [3.05, 3.63) is 56.4 Å². The molecule has 15 heteroatoms. The van der Waals surface area contributed by atoms with E-state index >= 15 is 0 Å². The molecule has 0 aliphatic heterocycles. The van der Waals surface area contributed by atoms with Gasteiger partial charge in [-0.1, -0.05) is 0 Å². The van der Waals surface area contributed by atoms with Gasteiger partial charge in [-0.15, -0.1) is 0 Å². The number of carboxylic acid groups (broad SMARTS) is 1. The Kier molecular flexibility index (Phi) is 9.59. The molecule has 15 nitrogen and oxygen atoms in total. The Bertz CT molecular complexity index is 1730. The molecular weight excluding hydrogens is 560 g/mol. The minimum absolute atomic E-state index is 0.0617. The third-order valence-electron chi connectivity index (χ3n) is 5.86. The maximum atomic E-state index is 13.9. The highest BCUT2D eigenvalue weighted by Gasteiger charge is 2.28. The van der Waals surface area contributed by atoms with Crippen molar-refractivity contribution in [1.29, 1.82) is 0 Å². The second kappa shape index (κ2) is 13.3. The van der Waals surface area contributed by atoms with E-state index in [1.54, 1.807) is 0 Å². The Morgan fingerprint density at radius 1 is 0.881 bits per heavy atom. The van der Waals surface area contributed by atoms with Gasteiger partial charge in [0.15, 0.2) is 50.2 Å². The van der Waals surface area contributed by atoms with Crippen LogP contribution in [0.25, 0.3) is 27.7 Å². The predicted molar refractivity (Wildman–Crippen MR) is 145 cm³/mol. The van der Waals surface area contributed by atoms with Crippen molar-refractivity contribution in [3.63, 3.8) is 0 Å². The SMILES string of the molecule is COCOc1cc2nc(C)c(-c3coc4cc(OCOC)c(OCOC)c(C(=O)O)c4c3=O)c(=O)n2cc1OCOC. The number of methoxy groups -OCH3 is 4. The Morgan fingerprint density at radius 3 is 2.10 bits per heavy atom. The quantitative estimate of drug-likeness (QED) is 0.212. The first-order chi connectivity index (χ1) is 20.3. The molecule has 0 amide bonds. The lowest BCUT2D eigenvalue weighted by Crippen LogP contribution is -2.23. The van der Waals surface area contributed by atoms with Crippen molar-refractivity contribution in [1.82, 2.24) is 9.38 Å². The molecule has 1 N–H and O–H groups in total. The molecule has 0 saturated heterocycles. The van der Waals surface area contributed by atoms with E-state index < -0.39 is 22.5 Å². The van der Waals surface area contributed by atoms with Gasteiger partial charge in [-0.2, -0.15) is 0 Å². The average Bonchev–Trinajstić information content (AvgIpc) is 2.97. The van der Waals surface area contributed by atoms with Crippen LogP contribution in [-0.2, 0) is 18.9 Å². The Morgan fingerprint density at radius 2 is 1.48 bits per heavy atom. The maximum Gasteiger partial charge on any atom is 0.340 e. The number of fused-ring (bicyclic) bond motifs is 2. The monoisotopic (exact) mass is 588 g/mol. The number of ether oxygens (including phenoxy) is 8. The Labute approximate surface area is 237 Å². The summed E-state index contributed by atoms with van der Waals surface area (Å²) < 4.78 is 48.7. The molecule has 3 heterocycles. The summed E-state index contributed by atoms with van der Waals surface area (Å²) in [5.41, 5.74) is -2.14. The number of aromatic nitrogens is 2. The highest BCUT2D eigenvalue weighted by molar-refractivity contribution is 6.06. The van der Waals surface area contributed by atoms with Crippen LogP contribution < -0.4 is 29.9 Å². The van der Waals surface area contributed by atoms with Gasteiger partial charge in [0.05, 0.1) is 28.4 Å². The number of aromatic carboxylic acids is 1. The summed E-state index contributed by atoms with van der Waals surface area (Å²) in [6.07, 6.45) is 2.39. The summed E-state index contributed by atoms with van der Waals surface area (Å²) in [6, 6.07) is 2.75. The Hall–Kier alpha value is -4.70. The summed E-state index contributed by atoms with van der Waals surface area (Å²) in [4.78, 5) is 44.6. The van der Waals surface area contributed by atoms with Crippen LogP contribution in [-0.4, -0.2) is 76.1 Å². The molecule has 0 atom stereocenters. The normalized spacial score (nSPS) is 11.2. The van der Waals surface area contributed by atoms with Crippen LogP contribution in [0.5, 0.6) is 23.0 Å². The summed E-state index contributed by atoms with van der Waals surface area (Å²) in [6.45, 7) is 0.686. The first-order valence-corrected chi connectivity index (χ1v) is 12.2. The highest BCUT2D eigenvalue weighted by atomic mass is 16.7. The average molecular weight is 589 g/mol. The van der Waals surface area contributed by atoms with E-state index in [0.717, 1.165) is 10.7 Å². The first-order valence-electron chi connectivity index (χ1n) is 12.2. The molecule has 0 spiro atoms. The first kappa shape index (κ1) is 30.3. The number of hydrogen-bond acceptors (Lipinski definition) is 13. The van der Waals surface area contributed by atoms with Crippen molar-refractivity contribution in [3.8, 4) is 34.1 Å². The van der Waals surface area contributed by atoms with Gasteiger partial charge >= 0.3 is 5.97 Å². The number of rotatable bonds is 14. The smallest absolute Gasteiger partial charge is 0.340 e. The maximum absolute atomic E-state index is 13.9. The molecule has 1 aromatic carbocycles. The fourth-order valence-electron chi connectivity index (χ4n) is 4.15. The molecule has 0 saturated carbocycles. The van der Waals surface area contributed by atoms with Crippen molar-refractivity contribution in [2.75, 3.05) is 55.6 Å². The molecule has 0 unspecified atom stereocenters. The van der Waals surface area contributed by atoms with Crippen molar-refractivity contribution < 1.29 is 52.2 Å². The molecular formula is C27H28N2O13. The van der Waals surface area contributed by atoms with Gasteiger partial charge in [-0.25, -0.2) is 9.78 Å². The highest BCUT2D eigenvalue weighted by Crippen LogP contribution is 2.38. The summed E-state index contributed by atoms with van der Waals surface area (Å²) in [5, 5.41) is 9.77. The van der Waals surface area contributed by atoms with E-state index in [1.807, 2.05) is 0 Å². The second-order valence-electron chi connectivity index (χ2n) is 8.55. The van der Waals surface area contributed by atoms with E-state index in [9.17, 15) is 19.5 Å². The van der Waals surface area contributed by atoms with Gasteiger partial charge in [-0.05, 0) is 6.92 Å². The predicted octanol–water partition coefficient (Wildman–Crippen LogP) is 2.41. The topological polar surface area (TPSA) is 176 Å². The lowest BCUT2D eigenvalue weighted by Gasteiger charge is -2.16. The van der Waals surface area contributed by atoms with Crippen LogP contribution in [0.1, 0.15) is 16.1 Å². The number of carbonyl (C=O) groups is 1. The Balaban J connectivity index is 2.00. The van der Waals surface area contributed by atoms with Crippen molar-refractivity contribution in [2.45, 2.75) is 6.92 Å². The lowest BCUT2D eigenvalue weighted by atomic mass is 10.0. The number of aryl methyl sites for hydroxylation is 1. The van der Waals surface area contributed by atoms with Crippen LogP contribution in [0, 0.1) is 6.92 Å². The number of nitrogens with zero attached hydrogens (tertiary/aromatic N) is 2. The molecule has 0 bridgehead atoms. The van der Waals surface area contributed by atoms with Gasteiger partial charge in [-0.3, -0.25) is 14.0 Å². The number of hydrogen-bond donors (Lipinski definition) is 1. The van der Waals surface area contributed by atoms with Crippen LogP contribution in [0.4, 0.5) is 0 Å². The van der Waals surface area contributed by atoms with Gasteiger partial charge in [0.1, 0.15) is 23.1 Å². The van der Waals surface area contributed by atoms with E-state index in [-0.39, 0.29) is 83.6 Å². The number of carboxylic acids is 1. The molecule has 4 rings (SSSR count). The van der Waals surface area contributed by atoms with Crippen LogP contribution >= 0.6 is 0 Å². The standard InChI is InChI=1S/C27H28N2O13/c1-14-21(26(31)29-8-19(41-12-36-4)16(39-10-34-2)7-20(29)28-14)15-9-38-17-6-18(40-11-35-3)25(42-13-37-5)23(27(32)33)22(17)24(15)30/h6-9H,10-13H2,1-5H3,(H,32,33). The number of benzene rings is 1. The van der Waals surface area contributed by atoms with E-state index in [1.165, 1.54) is 53.7 Å². The summed E-state index contributed by atoms with van der Waals surface area (Å²) >= 11 is 0. The van der Waals surface area contributed by atoms with Gasteiger partial charge in [0.2, 0.25) is 5.43 Å². The fraction of sp³-hybridized carbons (Fsp3) is 0.333. The summed E-state index contributed by atoms with van der Waals surface area (Å²) in [7, 11) is 5.58. The third kappa shape index (κ3) is 5.84. The molecule has 4 aromatic rings. The van der Waals surface area contributed by atoms with E-state index in [0.29, 0.717) is 0 Å². The van der Waals surface area contributed by atoms with Gasteiger partial charge < -0.3 is 47.4 Å². The number of pyridine rings is 1. The zero-order valence-corrected chi connectivity index (χ0v) is 23.4. The zero-order valence-electron chi connectivity index (χ0n) is 23.4. The molecule has 42 heavy (non-hydrogen) atoms. The summed E-state index contributed by atoms with van der Waals surface area (Å²) in [5.74, 6) is -1.48. The molecule has 0 radical (unpaired) electrons. The second-order valence-corrected chi connectivity index (χ2v) is 8.55. The van der Waals surface area contributed by atoms with Gasteiger partial charge in [0.25, 0.3) is 5.56 Å². The molecule has 3 aromatic heterocycles. The van der Waals surface area contributed by atoms with E-state index in [4.69, 9.17) is 42.3 Å². The van der Waals surface area contributed by atoms with Crippen LogP contribution in [0.2, 0.25) is 0 Å². The molecule has 0 aliphatic rings. The van der Waals surface area contributed by atoms with E-state index in [2.05, 4.69) is 4.98 Å². The van der Waals surface area contributed by atoms with Crippen LogP contribution in [0.15, 0.2) is 38.6 Å².